The molecule has 1 aromatic heterocycles. The average Bonchev–Trinajstić information content (AvgIpc) is 2.97. The van der Waals surface area contributed by atoms with Crippen LogP contribution in [0.5, 0.6) is 0 Å². The van der Waals surface area contributed by atoms with Gasteiger partial charge in [0.05, 0.1) is 17.8 Å². The normalized spacial score (nSPS) is 15.5. The lowest BCUT2D eigenvalue weighted by molar-refractivity contribution is 0.0965. The Hall–Kier alpha value is -0.870. The molecule has 1 aromatic rings. The molecule has 0 amide bonds. The van der Waals surface area contributed by atoms with Crippen molar-refractivity contribution in [3.8, 4) is 0 Å². The Morgan fingerprint density at radius 2 is 2.29 bits per heavy atom. The van der Waals surface area contributed by atoms with Crippen LogP contribution in [0, 0.1) is 5.92 Å². The molecule has 0 radical (unpaired) electrons. The molecule has 0 aliphatic heterocycles. The van der Waals surface area contributed by atoms with Gasteiger partial charge in [-0.2, -0.15) is 5.10 Å². The summed E-state index contributed by atoms with van der Waals surface area (Å²) in [4.78, 5) is 14.1. The highest BCUT2D eigenvalue weighted by molar-refractivity contribution is 6.33. The van der Waals surface area contributed by atoms with Crippen LogP contribution in [0.2, 0.25) is 5.02 Å². The van der Waals surface area contributed by atoms with Crippen molar-refractivity contribution in [3.05, 3.63) is 16.9 Å². The standard InChI is InChI=1S/C12H18ClN3O/c1-15(2)5-6-16-12(10(13)8-14-16)11(17)7-9-3-4-9/h8-9H,3-7H2,1-2H3. The van der Waals surface area contributed by atoms with Gasteiger partial charge in [-0.3, -0.25) is 9.48 Å². The summed E-state index contributed by atoms with van der Waals surface area (Å²) in [6.45, 7) is 1.55. The van der Waals surface area contributed by atoms with Crippen LogP contribution < -0.4 is 0 Å². The predicted molar refractivity (Wildman–Crippen MR) is 67.5 cm³/mol. The number of hydrogen-bond donors (Lipinski definition) is 0. The summed E-state index contributed by atoms with van der Waals surface area (Å²) >= 11 is 6.04. The fourth-order valence-electron chi connectivity index (χ4n) is 1.78. The molecule has 1 aliphatic rings. The van der Waals surface area contributed by atoms with Gasteiger partial charge in [0.15, 0.2) is 5.78 Å². The number of hydrogen-bond acceptors (Lipinski definition) is 3. The van der Waals surface area contributed by atoms with Gasteiger partial charge in [0.1, 0.15) is 5.69 Å². The third kappa shape index (κ3) is 3.30. The molecular weight excluding hydrogens is 238 g/mol. The van der Waals surface area contributed by atoms with Crippen molar-refractivity contribution in [2.45, 2.75) is 25.8 Å². The molecular formula is C12H18ClN3O. The summed E-state index contributed by atoms with van der Waals surface area (Å²) in [7, 11) is 3.99. The molecule has 0 atom stereocenters. The Labute approximate surface area is 107 Å². The number of halogens is 1. The Bertz CT molecular complexity index is 410. The largest absolute Gasteiger partial charge is 0.308 e. The summed E-state index contributed by atoms with van der Waals surface area (Å²) in [5, 5.41) is 4.65. The summed E-state index contributed by atoms with van der Waals surface area (Å²) in [6.07, 6.45) is 4.54. The zero-order chi connectivity index (χ0) is 12.4. The van der Waals surface area contributed by atoms with E-state index >= 15 is 0 Å². The molecule has 0 aromatic carbocycles. The minimum atomic E-state index is 0.133. The smallest absolute Gasteiger partial charge is 0.182 e. The van der Waals surface area contributed by atoms with E-state index < -0.39 is 0 Å². The number of aromatic nitrogens is 2. The molecule has 94 valence electrons. The maximum atomic E-state index is 12.1. The van der Waals surface area contributed by atoms with E-state index in [2.05, 4.69) is 10.00 Å². The van der Waals surface area contributed by atoms with Gasteiger partial charge in [-0.15, -0.1) is 0 Å². The fraction of sp³-hybridized carbons (Fsp3) is 0.667. The minimum Gasteiger partial charge on any atom is -0.308 e. The van der Waals surface area contributed by atoms with Crippen molar-refractivity contribution in [3.63, 3.8) is 0 Å². The van der Waals surface area contributed by atoms with Gasteiger partial charge < -0.3 is 4.90 Å². The molecule has 0 unspecified atom stereocenters. The summed E-state index contributed by atoms with van der Waals surface area (Å²) in [6, 6.07) is 0. The molecule has 2 rings (SSSR count). The first-order chi connectivity index (χ1) is 8.08. The summed E-state index contributed by atoms with van der Waals surface area (Å²) in [5.41, 5.74) is 0.584. The molecule has 1 fully saturated rings. The Balaban J connectivity index is 2.07. The number of likely N-dealkylation sites (N-methyl/N-ethyl adjacent to an activating group) is 1. The molecule has 1 aliphatic carbocycles. The number of Topliss-reactive ketones (excluding diaryl/α,β-unsaturated/α-hetero) is 1. The van der Waals surface area contributed by atoms with Crippen molar-refractivity contribution >= 4 is 17.4 Å². The van der Waals surface area contributed by atoms with E-state index in [1.165, 1.54) is 12.8 Å². The number of carbonyl (C=O) groups excluding carboxylic acids is 1. The summed E-state index contributed by atoms with van der Waals surface area (Å²) in [5.74, 6) is 0.713. The molecule has 1 saturated carbocycles. The van der Waals surface area contributed by atoms with Gasteiger partial charge in [0.2, 0.25) is 0 Å². The fourth-order valence-corrected chi connectivity index (χ4v) is 2.03. The second-order valence-electron chi connectivity index (χ2n) is 4.94. The third-order valence-corrected chi connectivity index (χ3v) is 3.27. The van der Waals surface area contributed by atoms with E-state index in [0.717, 1.165) is 6.54 Å². The highest BCUT2D eigenvalue weighted by atomic mass is 35.5. The molecule has 0 N–H and O–H groups in total. The van der Waals surface area contributed by atoms with Crippen LogP contribution in [0.3, 0.4) is 0 Å². The van der Waals surface area contributed by atoms with Gasteiger partial charge in [0.25, 0.3) is 0 Å². The highest BCUT2D eigenvalue weighted by Crippen LogP contribution is 2.34. The first kappa shape index (κ1) is 12.6. The van der Waals surface area contributed by atoms with Gasteiger partial charge in [-0.1, -0.05) is 11.6 Å². The van der Waals surface area contributed by atoms with E-state index in [4.69, 9.17) is 11.6 Å². The lowest BCUT2D eigenvalue weighted by atomic mass is 10.1. The molecule has 5 heteroatoms. The molecule has 0 bridgehead atoms. The van der Waals surface area contributed by atoms with Crippen LogP contribution in [-0.2, 0) is 6.54 Å². The number of carbonyl (C=O) groups is 1. The second-order valence-corrected chi connectivity index (χ2v) is 5.35. The van der Waals surface area contributed by atoms with Crippen LogP contribution in [0.15, 0.2) is 6.20 Å². The first-order valence-electron chi connectivity index (χ1n) is 5.97. The maximum absolute atomic E-state index is 12.1. The Kier molecular flexibility index (Phi) is 3.84. The highest BCUT2D eigenvalue weighted by Gasteiger charge is 2.27. The average molecular weight is 256 g/mol. The Morgan fingerprint density at radius 1 is 1.59 bits per heavy atom. The second kappa shape index (κ2) is 5.19. The van der Waals surface area contributed by atoms with Crippen molar-refractivity contribution in [1.82, 2.24) is 14.7 Å². The van der Waals surface area contributed by atoms with E-state index in [9.17, 15) is 4.79 Å². The number of nitrogens with zero attached hydrogens (tertiary/aromatic N) is 3. The maximum Gasteiger partial charge on any atom is 0.182 e. The van der Waals surface area contributed by atoms with Gasteiger partial charge >= 0.3 is 0 Å². The molecule has 17 heavy (non-hydrogen) atoms. The lowest BCUT2D eigenvalue weighted by Crippen LogP contribution is -2.21. The molecule has 4 nitrogen and oxygen atoms in total. The zero-order valence-corrected chi connectivity index (χ0v) is 11.1. The minimum absolute atomic E-state index is 0.133. The van der Waals surface area contributed by atoms with Gasteiger partial charge in [-0.25, -0.2) is 0 Å². The monoisotopic (exact) mass is 255 g/mol. The van der Waals surface area contributed by atoms with E-state index in [1.807, 2.05) is 14.1 Å². The number of rotatable bonds is 6. The topological polar surface area (TPSA) is 38.1 Å². The molecule has 0 saturated heterocycles. The van der Waals surface area contributed by atoms with Crippen LogP contribution in [-0.4, -0.2) is 41.1 Å². The predicted octanol–water partition coefficient (Wildman–Crippen LogP) is 2.08. The van der Waals surface area contributed by atoms with Crippen LogP contribution in [0.4, 0.5) is 0 Å². The van der Waals surface area contributed by atoms with Crippen LogP contribution in [0.1, 0.15) is 29.8 Å². The SMILES string of the molecule is CN(C)CCn1ncc(Cl)c1C(=O)CC1CC1. The number of ketones is 1. The Morgan fingerprint density at radius 3 is 2.88 bits per heavy atom. The van der Waals surface area contributed by atoms with Gasteiger partial charge in [0, 0.05) is 13.0 Å². The third-order valence-electron chi connectivity index (χ3n) is 2.99. The molecule has 1 heterocycles. The van der Waals surface area contributed by atoms with Crippen molar-refractivity contribution in [2.24, 2.45) is 5.92 Å². The van der Waals surface area contributed by atoms with Crippen molar-refractivity contribution in [2.75, 3.05) is 20.6 Å². The lowest BCUT2D eigenvalue weighted by Gasteiger charge is -2.11. The van der Waals surface area contributed by atoms with Gasteiger partial charge in [-0.05, 0) is 32.9 Å². The van der Waals surface area contributed by atoms with Crippen LogP contribution >= 0.6 is 11.6 Å². The van der Waals surface area contributed by atoms with E-state index in [0.29, 0.717) is 29.6 Å². The van der Waals surface area contributed by atoms with Crippen LogP contribution in [0.25, 0.3) is 0 Å². The van der Waals surface area contributed by atoms with E-state index in [1.54, 1.807) is 10.9 Å². The van der Waals surface area contributed by atoms with Crippen molar-refractivity contribution < 1.29 is 4.79 Å². The first-order valence-corrected chi connectivity index (χ1v) is 6.35. The molecule has 0 spiro atoms. The van der Waals surface area contributed by atoms with E-state index in [-0.39, 0.29) is 5.78 Å². The quantitative estimate of drug-likeness (QED) is 0.731. The zero-order valence-electron chi connectivity index (χ0n) is 10.3. The summed E-state index contributed by atoms with van der Waals surface area (Å²) < 4.78 is 1.73. The van der Waals surface area contributed by atoms with Crippen molar-refractivity contribution in [1.29, 1.82) is 0 Å².